The zero-order chi connectivity index (χ0) is 23.8. The van der Waals surface area contributed by atoms with Crippen molar-refractivity contribution in [2.75, 3.05) is 6.54 Å². The molecule has 1 rings (SSSR count). The molecule has 0 bridgehead atoms. The van der Waals surface area contributed by atoms with E-state index in [9.17, 15) is 19.7 Å². The topological polar surface area (TPSA) is 149 Å². The molecule has 1 aliphatic rings. The minimum absolute atomic E-state index is 0.131. The van der Waals surface area contributed by atoms with Gasteiger partial charge in [0.05, 0.1) is 0 Å². The van der Waals surface area contributed by atoms with Crippen molar-refractivity contribution in [2.45, 2.75) is 96.9 Å². The van der Waals surface area contributed by atoms with Gasteiger partial charge in [0.1, 0.15) is 6.04 Å². The van der Waals surface area contributed by atoms with Crippen molar-refractivity contribution in [1.82, 2.24) is 21.4 Å². The number of nitrogens with zero attached hydrogens (tertiary/aromatic N) is 1. The van der Waals surface area contributed by atoms with Gasteiger partial charge in [-0.1, -0.05) is 64.2 Å². The van der Waals surface area contributed by atoms with Crippen molar-refractivity contribution in [2.24, 2.45) is 11.8 Å². The Bertz CT molecular complexity index is 593. The van der Waals surface area contributed by atoms with Crippen LogP contribution in [-0.4, -0.2) is 35.4 Å². The number of unbranched alkanes of at least 4 members (excludes halogenated alkanes) is 1. The van der Waals surface area contributed by atoms with E-state index in [2.05, 4.69) is 29.8 Å². The lowest BCUT2D eigenvalue weighted by molar-refractivity contribution is -0.525. The number of hydrazine groups is 1. The number of hydrogen-bond acceptors (Lipinski definition) is 5. The van der Waals surface area contributed by atoms with Crippen LogP contribution in [0, 0.1) is 33.9 Å². The van der Waals surface area contributed by atoms with E-state index in [0.29, 0.717) is 25.2 Å². The third kappa shape index (κ3) is 13.8. The fourth-order valence-electron chi connectivity index (χ4n) is 3.88. The molecule has 0 aromatic carbocycles. The number of nitrogens with one attached hydrogen (secondary N) is 5. The monoisotopic (exact) mass is 453 g/mol. The van der Waals surface area contributed by atoms with Gasteiger partial charge in [0.15, 0.2) is 5.03 Å². The number of rotatable bonds is 15. The molecule has 0 aliphatic heterocycles. The Hall–Kier alpha value is -2.39. The Morgan fingerprint density at radius 1 is 1.16 bits per heavy atom. The fraction of sp³-hybridized carbons (Fsp3) is 0.818. The molecular formula is C22H41N6O4. The van der Waals surface area contributed by atoms with E-state index in [0.717, 1.165) is 25.2 Å². The molecule has 1 atom stereocenters. The molecule has 1 saturated carbocycles. The first kappa shape index (κ1) is 27.6. The molecule has 0 spiro atoms. The molecule has 10 nitrogen and oxygen atoms in total. The van der Waals surface area contributed by atoms with Crippen LogP contribution in [0.25, 0.3) is 0 Å². The zero-order valence-corrected chi connectivity index (χ0v) is 19.6. The summed E-state index contributed by atoms with van der Waals surface area (Å²) in [4.78, 5) is 35.3. The maximum absolute atomic E-state index is 12.5. The summed E-state index contributed by atoms with van der Waals surface area (Å²) >= 11 is 0. The lowest BCUT2D eigenvalue weighted by atomic mass is 9.85. The number of guanidine groups is 1. The molecule has 0 heterocycles. The van der Waals surface area contributed by atoms with Gasteiger partial charge in [-0.2, -0.15) is 0 Å². The molecule has 0 aromatic heterocycles. The van der Waals surface area contributed by atoms with E-state index in [1.807, 2.05) is 0 Å². The highest BCUT2D eigenvalue weighted by Crippen LogP contribution is 2.27. The summed E-state index contributed by atoms with van der Waals surface area (Å²) in [7, 11) is 0. The molecule has 0 saturated heterocycles. The minimum atomic E-state index is -0.815. The number of carbonyl (C=O) groups excluding carboxylic acids is 2. The second-order valence-electron chi connectivity index (χ2n) is 9.03. The van der Waals surface area contributed by atoms with Crippen molar-refractivity contribution >= 4 is 17.8 Å². The lowest BCUT2D eigenvalue weighted by Crippen LogP contribution is -2.46. The van der Waals surface area contributed by atoms with Crippen molar-refractivity contribution in [3.8, 4) is 0 Å². The molecule has 1 fully saturated rings. The van der Waals surface area contributed by atoms with Gasteiger partial charge in [0.2, 0.25) is 11.8 Å². The highest BCUT2D eigenvalue weighted by atomic mass is 16.7. The first-order chi connectivity index (χ1) is 15.3. The predicted octanol–water partition coefficient (Wildman–Crippen LogP) is 3.02. The predicted molar refractivity (Wildman–Crippen MR) is 124 cm³/mol. The van der Waals surface area contributed by atoms with Crippen LogP contribution in [0.5, 0.6) is 0 Å². The molecule has 0 unspecified atom stereocenters. The third-order valence-electron chi connectivity index (χ3n) is 5.65. The normalized spacial score (nSPS) is 15.1. The van der Waals surface area contributed by atoms with Crippen LogP contribution in [0.4, 0.5) is 0 Å². The first-order valence-corrected chi connectivity index (χ1v) is 11.9. The van der Waals surface area contributed by atoms with E-state index in [1.165, 1.54) is 38.5 Å². The van der Waals surface area contributed by atoms with E-state index < -0.39 is 17.0 Å². The van der Waals surface area contributed by atoms with Gasteiger partial charge in [-0.15, -0.1) is 0 Å². The number of carbonyl (C=O) groups is 2. The molecule has 1 radical (unpaired) electrons. The molecule has 183 valence electrons. The maximum atomic E-state index is 12.5. The van der Waals surface area contributed by atoms with E-state index >= 15 is 0 Å². The first-order valence-electron chi connectivity index (χ1n) is 11.9. The molecular weight excluding hydrogens is 412 g/mol. The van der Waals surface area contributed by atoms with Gasteiger partial charge in [0, 0.05) is 19.5 Å². The highest BCUT2D eigenvalue weighted by molar-refractivity contribution is 5.87. The van der Waals surface area contributed by atoms with Crippen LogP contribution in [0.15, 0.2) is 0 Å². The summed E-state index contributed by atoms with van der Waals surface area (Å²) in [5.41, 5.74) is 1.72. The highest BCUT2D eigenvalue weighted by Gasteiger charge is 2.20. The Morgan fingerprint density at radius 2 is 1.88 bits per heavy atom. The molecule has 10 heteroatoms. The average molecular weight is 454 g/mol. The third-order valence-corrected chi connectivity index (χ3v) is 5.65. The fourth-order valence-corrected chi connectivity index (χ4v) is 3.88. The largest absolute Gasteiger partial charge is 0.352 e. The zero-order valence-electron chi connectivity index (χ0n) is 19.6. The molecule has 2 amide bonds. The van der Waals surface area contributed by atoms with Gasteiger partial charge >= 0.3 is 0 Å². The van der Waals surface area contributed by atoms with Crippen molar-refractivity contribution in [3.63, 3.8) is 0 Å². The Labute approximate surface area is 191 Å². The molecule has 5 N–H and O–H groups in total. The SMILES string of the molecule is CC(C)C[CH]NC(=O)[C@H](CCCNC(=N)N[N+](=O)[O-])NC(=O)CCCCC1CCCCC1. The number of amides is 2. The van der Waals surface area contributed by atoms with Crippen molar-refractivity contribution in [1.29, 1.82) is 5.41 Å². The second kappa shape index (κ2) is 16.3. The van der Waals surface area contributed by atoms with Crippen LogP contribution in [0.1, 0.15) is 90.9 Å². The van der Waals surface area contributed by atoms with Crippen LogP contribution in [0.3, 0.4) is 0 Å². The summed E-state index contributed by atoms with van der Waals surface area (Å²) in [6.07, 6.45) is 11.6. The molecule has 0 aromatic rings. The lowest BCUT2D eigenvalue weighted by Gasteiger charge is -2.21. The Morgan fingerprint density at radius 3 is 2.53 bits per heavy atom. The standard InChI is InChI=1S/C22H41N6O4/c1-17(2)14-16-24-21(30)19(12-8-15-25-22(23)27-28(31)32)26-20(29)13-7-6-11-18-9-4-3-5-10-18/h16-19H,3-15H2,1-2H3,(H,24,30)(H,26,29)(H3,23,25,27)/t19-/m0/s1. The van der Waals surface area contributed by atoms with E-state index in [-0.39, 0.29) is 18.4 Å². The average Bonchev–Trinajstić information content (AvgIpc) is 2.73. The summed E-state index contributed by atoms with van der Waals surface area (Å²) < 4.78 is 0. The van der Waals surface area contributed by atoms with Crippen molar-refractivity contribution < 1.29 is 14.6 Å². The van der Waals surface area contributed by atoms with Gasteiger partial charge in [-0.25, -0.2) is 10.1 Å². The van der Waals surface area contributed by atoms with Gasteiger partial charge < -0.3 is 16.0 Å². The van der Waals surface area contributed by atoms with Crippen LogP contribution in [0.2, 0.25) is 0 Å². The molecule has 1 aliphatic carbocycles. The Balaban J connectivity index is 2.38. The number of hydrogen-bond donors (Lipinski definition) is 5. The summed E-state index contributed by atoms with van der Waals surface area (Å²) in [6.45, 7) is 6.09. The van der Waals surface area contributed by atoms with E-state index in [4.69, 9.17) is 5.41 Å². The Kier molecular flexibility index (Phi) is 14.1. The summed E-state index contributed by atoms with van der Waals surface area (Å²) in [5, 5.41) is 25.1. The van der Waals surface area contributed by atoms with Gasteiger partial charge in [-0.3, -0.25) is 15.0 Å². The summed E-state index contributed by atoms with van der Waals surface area (Å²) in [6, 6.07) is -0.677. The smallest absolute Gasteiger partial charge is 0.251 e. The van der Waals surface area contributed by atoms with E-state index in [1.54, 1.807) is 12.0 Å². The minimum Gasteiger partial charge on any atom is -0.352 e. The summed E-state index contributed by atoms with van der Waals surface area (Å²) in [5.74, 6) is 0.408. The van der Waals surface area contributed by atoms with Gasteiger partial charge in [-0.05, 0) is 37.5 Å². The second-order valence-corrected chi connectivity index (χ2v) is 9.03. The number of nitro groups is 1. The molecule has 32 heavy (non-hydrogen) atoms. The maximum Gasteiger partial charge on any atom is 0.251 e. The van der Waals surface area contributed by atoms with Gasteiger partial charge in [0.25, 0.3) is 5.96 Å². The van der Waals surface area contributed by atoms with Crippen molar-refractivity contribution in [3.05, 3.63) is 16.7 Å². The quantitative estimate of drug-likeness (QED) is 0.0846. The van der Waals surface area contributed by atoms with Crippen LogP contribution < -0.4 is 21.4 Å². The van der Waals surface area contributed by atoms with Crippen LogP contribution in [-0.2, 0) is 9.59 Å². The van der Waals surface area contributed by atoms with Crippen LogP contribution >= 0.6 is 0 Å².